The highest BCUT2D eigenvalue weighted by Crippen LogP contribution is 2.24. The van der Waals surface area contributed by atoms with E-state index in [4.69, 9.17) is 4.74 Å². The van der Waals surface area contributed by atoms with Gasteiger partial charge in [0.2, 0.25) is 10.0 Å². The predicted octanol–water partition coefficient (Wildman–Crippen LogP) is 1.83. The van der Waals surface area contributed by atoms with Gasteiger partial charge in [-0.25, -0.2) is 17.9 Å². The van der Waals surface area contributed by atoms with E-state index >= 15 is 0 Å². The summed E-state index contributed by atoms with van der Waals surface area (Å²) in [5.41, 5.74) is 2.77. The zero-order valence-electron chi connectivity index (χ0n) is 13.9. The SMILES string of the molecule is COCCNc1ccc2ncc(-c3cccc(NS(C)(=O)=O)c3)n2n1. The Morgan fingerprint density at radius 1 is 1.24 bits per heavy atom. The zero-order chi connectivity index (χ0) is 17.9. The lowest BCUT2D eigenvalue weighted by Crippen LogP contribution is -2.10. The molecular weight excluding hydrogens is 342 g/mol. The Bertz CT molecular complexity index is 984. The van der Waals surface area contributed by atoms with Crippen LogP contribution in [0.5, 0.6) is 0 Å². The summed E-state index contributed by atoms with van der Waals surface area (Å²) in [6.45, 7) is 1.22. The van der Waals surface area contributed by atoms with Crippen LogP contribution in [-0.4, -0.2) is 49.5 Å². The molecule has 9 heteroatoms. The fraction of sp³-hybridized carbons (Fsp3) is 0.250. The molecule has 0 saturated heterocycles. The lowest BCUT2D eigenvalue weighted by molar-refractivity contribution is 0.210. The summed E-state index contributed by atoms with van der Waals surface area (Å²) in [5.74, 6) is 0.703. The van der Waals surface area contributed by atoms with Crippen LogP contribution in [0.25, 0.3) is 16.9 Å². The van der Waals surface area contributed by atoms with Crippen molar-refractivity contribution >= 4 is 27.2 Å². The minimum atomic E-state index is -3.33. The number of ether oxygens (including phenoxy) is 1. The van der Waals surface area contributed by atoms with Crippen LogP contribution in [0.3, 0.4) is 0 Å². The third-order valence-corrected chi connectivity index (χ3v) is 4.04. The number of aromatic nitrogens is 3. The van der Waals surface area contributed by atoms with Crippen LogP contribution in [0.15, 0.2) is 42.6 Å². The number of hydrogen-bond acceptors (Lipinski definition) is 6. The molecule has 25 heavy (non-hydrogen) atoms. The van der Waals surface area contributed by atoms with E-state index in [1.807, 2.05) is 18.2 Å². The van der Waals surface area contributed by atoms with E-state index < -0.39 is 10.0 Å². The maximum atomic E-state index is 11.4. The van der Waals surface area contributed by atoms with Gasteiger partial charge in [-0.3, -0.25) is 4.72 Å². The fourth-order valence-corrected chi connectivity index (χ4v) is 2.96. The van der Waals surface area contributed by atoms with Crippen LogP contribution < -0.4 is 10.0 Å². The van der Waals surface area contributed by atoms with Gasteiger partial charge in [-0.05, 0) is 24.3 Å². The van der Waals surface area contributed by atoms with Crippen molar-refractivity contribution in [1.82, 2.24) is 14.6 Å². The Morgan fingerprint density at radius 2 is 2.08 bits per heavy atom. The number of nitrogens with zero attached hydrogens (tertiary/aromatic N) is 3. The highest BCUT2D eigenvalue weighted by atomic mass is 32.2. The van der Waals surface area contributed by atoms with Crippen molar-refractivity contribution in [2.75, 3.05) is 36.6 Å². The third kappa shape index (κ3) is 4.25. The van der Waals surface area contributed by atoms with E-state index in [1.54, 1.807) is 36.0 Å². The Balaban J connectivity index is 1.95. The average Bonchev–Trinajstić information content (AvgIpc) is 2.97. The van der Waals surface area contributed by atoms with Crippen molar-refractivity contribution in [3.05, 3.63) is 42.6 Å². The van der Waals surface area contributed by atoms with Gasteiger partial charge in [0.05, 0.1) is 24.8 Å². The van der Waals surface area contributed by atoms with Crippen LogP contribution in [0.2, 0.25) is 0 Å². The van der Waals surface area contributed by atoms with Gasteiger partial charge in [0.15, 0.2) is 5.65 Å². The topological polar surface area (TPSA) is 97.6 Å². The number of methoxy groups -OCH3 is 1. The number of imidazole rings is 1. The summed E-state index contributed by atoms with van der Waals surface area (Å²) in [6.07, 6.45) is 2.83. The molecule has 0 radical (unpaired) electrons. The van der Waals surface area contributed by atoms with Gasteiger partial charge in [0.25, 0.3) is 0 Å². The molecule has 0 amide bonds. The van der Waals surface area contributed by atoms with Gasteiger partial charge in [-0.2, -0.15) is 0 Å². The first-order chi connectivity index (χ1) is 12.0. The number of anilines is 2. The molecule has 1 aromatic carbocycles. The van der Waals surface area contributed by atoms with Crippen LogP contribution in [0.4, 0.5) is 11.5 Å². The Hall–Kier alpha value is -2.65. The number of nitrogens with one attached hydrogen (secondary N) is 2. The fourth-order valence-electron chi connectivity index (χ4n) is 2.40. The Morgan fingerprint density at radius 3 is 2.84 bits per heavy atom. The molecule has 0 unspecified atom stereocenters. The lowest BCUT2D eigenvalue weighted by atomic mass is 10.1. The van der Waals surface area contributed by atoms with Crippen LogP contribution in [-0.2, 0) is 14.8 Å². The molecule has 8 nitrogen and oxygen atoms in total. The van der Waals surface area contributed by atoms with E-state index in [0.717, 1.165) is 17.5 Å². The van der Waals surface area contributed by atoms with Gasteiger partial charge < -0.3 is 10.1 Å². The molecule has 0 fully saturated rings. The summed E-state index contributed by atoms with van der Waals surface area (Å²) in [5, 5.41) is 7.71. The Kier molecular flexibility index (Phi) is 4.86. The largest absolute Gasteiger partial charge is 0.383 e. The number of fused-ring (bicyclic) bond motifs is 1. The summed E-state index contributed by atoms with van der Waals surface area (Å²) in [6, 6.07) is 10.8. The first-order valence-electron chi connectivity index (χ1n) is 7.62. The smallest absolute Gasteiger partial charge is 0.229 e. The van der Waals surface area contributed by atoms with Crippen LogP contribution in [0.1, 0.15) is 0 Å². The average molecular weight is 361 g/mol. The third-order valence-electron chi connectivity index (χ3n) is 3.44. The van der Waals surface area contributed by atoms with E-state index in [1.165, 1.54) is 0 Å². The van der Waals surface area contributed by atoms with Gasteiger partial charge in [0, 0.05) is 24.9 Å². The van der Waals surface area contributed by atoms with E-state index in [9.17, 15) is 8.42 Å². The van der Waals surface area contributed by atoms with Crippen LogP contribution >= 0.6 is 0 Å². The second-order valence-electron chi connectivity index (χ2n) is 5.51. The first kappa shape index (κ1) is 17.2. The van der Waals surface area contributed by atoms with Crippen LogP contribution in [0, 0.1) is 0 Å². The van der Waals surface area contributed by atoms with Crippen molar-refractivity contribution in [3.8, 4) is 11.3 Å². The molecule has 0 bridgehead atoms. The maximum absolute atomic E-state index is 11.4. The molecule has 0 atom stereocenters. The molecule has 3 rings (SSSR count). The molecule has 0 aliphatic heterocycles. The van der Waals surface area contributed by atoms with Gasteiger partial charge >= 0.3 is 0 Å². The molecule has 0 aliphatic carbocycles. The molecule has 3 aromatic rings. The zero-order valence-corrected chi connectivity index (χ0v) is 14.7. The minimum Gasteiger partial charge on any atom is -0.383 e. The predicted molar refractivity (Wildman–Crippen MR) is 97.3 cm³/mol. The first-order valence-corrected chi connectivity index (χ1v) is 9.51. The van der Waals surface area contributed by atoms with E-state index in [2.05, 4.69) is 20.1 Å². The van der Waals surface area contributed by atoms with Gasteiger partial charge in [-0.1, -0.05) is 12.1 Å². The standard InChI is InChI=1S/C16H19N5O3S/c1-24-9-8-17-15-6-7-16-18-11-14(21(16)19-15)12-4-3-5-13(10-12)20-25(2,22)23/h3-7,10-11,20H,8-9H2,1-2H3,(H,17,19). The highest BCUT2D eigenvalue weighted by molar-refractivity contribution is 7.92. The minimum absolute atomic E-state index is 0.490. The summed E-state index contributed by atoms with van der Waals surface area (Å²) < 4.78 is 32.0. The number of benzene rings is 1. The van der Waals surface area contributed by atoms with E-state index in [-0.39, 0.29) is 0 Å². The quantitative estimate of drug-likeness (QED) is 0.623. The molecule has 0 saturated carbocycles. The van der Waals surface area contributed by atoms with Crippen molar-refractivity contribution < 1.29 is 13.2 Å². The van der Waals surface area contributed by atoms with Crippen molar-refractivity contribution in [2.24, 2.45) is 0 Å². The van der Waals surface area contributed by atoms with E-state index in [0.29, 0.717) is 30.3 Å². The normalized spacial score (nSPS) is 11.6. The summed E-state index contributed by atoms with van der Waals surface area (Å²) in [7, 11) is -1.69. The molecular formula is C16H19N5O3S. The Labute approximate surface area is 145 Å². The second kappa shape index (κ2) is 7.08. The molecule has 2 aromatic heterocycles. The monoisotopic (exact) mass is 361 g/mol. The van der Waals surface area contributed by atoms with Crippen molar-refractivity contribution in [1.29, 1.82) is 0 Å². The molecule has 132 valence electrons. The van der Waals surface area contributed by atoms with Gasteiger partial charge in [0.1, 0.15) is 5.82 Å². The van der Waals surface area contributed by atoms with Crippen molar-refractivity contribution in [2.45, 2.75) is 0 Å². The number of rotatable bonds is 7. The number of sulfonamides is 1. The molecule has 0 spiro atoms. The lowest BCUT2D eigenvalue weighted by Gasteiger charge is -2.08. The summed E-state index contributed by atoms with van der Waals surface area (Å²) >= 11 is 0. The highest BCUT2D eigenvalue weighted by Gasteiger charge is 2.10. The number of hydrogen-bond donors (Lipinski definition) is 2. The summed E-state index contributed by atoms with van der Waals surface area (Å²) in [4.78, 5) is 4.35. The second-order valence-corrected chi connectivity index (χ2v) is 7.26. The molecule has 2 N–H and O–H groups in total. The van der Waals surface area contributed by atoms with Crippen molar-refractivity contribution in [3.63, 3.8) is 0 Å². The van der Waals surface area contributed by atoms with Gasteiger partial charge in [-0.15, -0.1) is 5.10 Å². The molecule has 0 aliphatic rings. The maximum Gasteiger partial charge on any atom is 0.229 e. The molecule has 2 heterocycles.